The van der Waals surface area contributed by atoms with Gasteiger partial charge in [0.2, 0.25) is 0 Å². The van der Waals surface area contributed by atoms with Gasteiger partial charge in [-0.2, -0.15) is 0 Å². The fraction of sp³-hybridized carbons (Fsp3) is 0.286. The Balaban J connectivity index is 1.38. The zero-order chi connectivity index (χ0) is 22.0. The molecule has 31 heavy (non-hydrogen) atoms. The van der Waals surface area contributed by atoms with Gasteiger partial charge in [-0.1, -0.05) is 5.10 Å². The number of anilines is 4. The lowest BCUT2D eigenvalue weighted by Crippen LogP contribution is -2.45. The van der Waals surface area contributed by atoms with Crippen LogP contribution in [0.25, 0.3) is 0 Å². The summed E-state index contributed by atoms with van der Waals surface area (Å²) in [5.74, 6) is -2.86. The molecule has 0 spiro atoms. The summed E-state index contributed by atoms with van der Waals surface area (Å²) in [6.07, 6.45) is 0.296. The van der Waals surface area contributed by atoms with Gasteiger partial charge in [-0.15, -0.1) is 5.10 Å². The van der Waals surface area contributed by atoms with Crippen LogP contribution in [-0.2, 0) is 4.74 Å². The predicted octanol–water partition coefficient (Wildman–Crippen LogP) is 3.96. The molecule has 2 heterocycles. The first kappa shape index (κ1) is 20.7. The normalized spacial score (nSPS) is 18.6. The van der Waals surface area contributed by atoms with Gasteiger partial charge in [-0.3, -0.25) is 4.79 Å². The molecular weight excluding hydrogens is 408 g/mol. The van der Waals surface area contributed by atoms with Crippen molar-refractivity contribution < 1.29 is 22.7 Å². The molecule has 0 aliphatic carbocycles. The van der Waals surface area contributed by atoms with Crippen LogP contribution < -0.4 is 15.5 Å². The second kappa shape index (κ2) is 8.68. The topological polar surface area (TPSA) is 92.5 Å². The second-order valence-electron chi connectivity index (χ2n) is 7.33. The highest BCUT2D eigenvalue weighted by molar-refractivity contribution is 6.01. The molecular formula is C21H21F2N5O3. The Morgan fingerprint density at radius 2 is 1.68 bits per heavy atom. The minimum atomic E-state index is -1.02. The quantitative estimate of drug-likeness (QED) is 0.634. The number of nitrogens with zero attached hydrogens (tertiary/aromatic N) is 3. The van der Waals surface area contributed by atoms with Crippen molar-refractivity contribution in [1.82, 2.24) is 10.2 Å². The smallest absolute Gasteiger partial charge is 0.320 e. The average Bonchev–Trinajstić information content (AvgIpc) is 3.19. The zero-order valence-corrected chi connectivity index (χ0v) is 16.9. The molecule has 8 nitrogen and oxygen atoms in total. The van der Waals surface area contributed by atoms with Gasteiger partial charge in [0, 0.05) is 36.2 Å². The minimum absolute atomic E-state index is 0.123. The standard InChI is InChI=1S/C21H21F2N5O3/c1-12-10-28(11-13(2)30-12)16-6-3-14(4-7-16)24-19(29)20-26-27-21(31-20)25-15-5-8-17(22)18(23)9-15/h3-9,12-13H,10-11H2,1-2H3,(H,24,29)(H,25,27)/t12-,13+. The van der Waals surface area contributed by atoms with Crippen molar-refractivity contribution in [2.24, 2.45) is 0 Å². The first-order valence-electron chi connectivity index (χ1n) is 9.75. The van der Waals surface area contributed by atoms with Crippen LogP contribution in [0.3, 0.4) is 0 Å². The van der Waals surface area contributed by atoms with E-state index < -0.39 is 17.5 Å². The number of hydrogen-bond acceptors (Lipinski definition) is 7. The van der Waals surface area contributed by atoms with Gasteiger partial charge in [0.15, 0.2) is 11.6 Å². The molecule has 2 aromatic carbocycles. The fourth-order valence-electron chi connectivity index (χ4n) is 3.39. The molecule has 162 valence electrons. The Bertz CT molecular complexity index is 1060. The van der Waals surface area contributed by atoms with Gasteiger partial charge in [-0.05, 0) is 50.2 Å². The summed E-state index contributed by atoms with van der Waals surface area (Å²) in [6, 6.07) is 10.5. The lowest BCUT2D eigenvalue weighted by molar-refractivity contribution is -0.00521. The van der Waals surface area contributed by atoms with Crippen molar-refractivity contribution in [3.8, 4) is 0 Å². The Labute approximate surface area is 177 Å². The number of halogens is 2. The number of hydrogen-bond donors (Lipinski definition) is 2. The van der Waals surface area contributed by atoms with Crippen LogP contribution in [0.15, 0.2) is 46.9 Å². The van der Waals surface area contributed by atoms with Crippen molar-refractivity contribution in [2.75, 3.05) is 28.6 Å². The summed E-state index contributed by atoms with van der Waals surface area (Å²) in [5, 5.41) is 12.7. The van der Waals surface area contributed by atoms with Crippen LogP contribution in [0.4, 0.5) is 31.9 Å². The van der Waals surface area contributed by atoms with Gasteiger partial charge in [0.05, 0.1) is 12.2 Å². The highest BCUT2D eigenvalue weighted by Crippen LogP contribution is 2.23. The molecule has 1 fully saturated rings. The number of aromatic nitrogens is 2. The Hall–Kier alpha value is -3.53. The summed E-state index contributed by atoms with van der Waals surface area (Å²) in [6.45, 7) is 5.67. The molecule has 2 N–H and O–H groups in total. The van der Waals surface area contributed by atoms with Crippen molar-refractivity contribution in [3.05, 3.63) is 60.0 Å². The van der Waals surface area contributed by atoms with E-state index in [0.717, 1.165) is 30.9 Å². The monoisotopic (exact) mass is 429 g/mol. The van der Waals surface area contributed by atoms with Crippen LogP contribution in [0, 0.1) is 11.6 Å². The highest BCUT2D eigenvalue weighted by atomic mass is 19.2. The molecule has 4 rings (SSSR count). The van der Waals surface area contributed by atoms with E-state index in [1.54, 1.807) is 12.1 Å². The Kier molecular flexibility index (Phi) is 5.81. The molecule has 0 saturated carbocycles. The lowest BCUT2D eigenvalue weighted by atomic mass is 10.2. The first-order chi connectivity index (χ1) is 14.9. The molecule has 0 unspecified atom stereocenters. The largest absolute Gasteiger partial charge is 0.399 e. The third-order valence-corrected chi connectivity index (χ3v) is 4.70. The van der Waals surface area contributed by atoms with E-state index in [-0.39, 0.29) is 29.8 Å². The van der Waals surface area contributed by atoms with Gasteiger partial charge in [0.25, 0.3) is 0 Å². The van der Waals surface area contributed by atoms with Crippen LogP contribution in [0.1, 0.15) is 24.5 Å². The van der Waals surface area contributed by atoms with Crippen molar-refractivity contribution in [3.63, 3.8) is 0 Å². The molecule has 1 aromatic heterocycles. The van der Waals surface area contributed by atoms with Gasteiger partial charge in [0.1, 0.15) is 0 Å². The van der Waals surface area contributed by atoms with Crippen LogP contribution >= 0.6 is 0 Å². The Morgan fingerprint density at radius 1 is 1.00 bits per heavy atom. The maximum Gasteiger partial charge on any atom is 0.320 e. The molecule has 3 aromatic rings. The maximum atomic E-state index is 13.3. The van der Waals surface area contributed by atoms with E-state index >= 15 is 0 Å². The van der Waals surface area contributed by atoms with Crippen LogP contribution in [-0.4, -0.2) is 41.4 Å². The van der Waals surface area contributed by atoms with E-state index in [9.17, 15) is 13.6 Å². The molecule has 1 aliphatic heterocycles. The molecule has 1 saturated heterocycles. The molecule has 10 heteroatoms. The molecule has 1 amide bonds. The summed E-state index contributed by atoms with van der Waals surface area (Å²) < 4.78 is 37.3. The number of amides is 1. The van der Waals surface area contributed by atoms with Crippen molar-refractivity contribution in [2.45, 2.75) is 26.1 Å². The van der Waals surface area contributed by atoms with E-state index in [1.165, 1.54) is 6.07 Å². The maximum absolute atomic E-state index is 13.3. The third kappa shape index (κ3) is 4.97. The molecule has 0 bridgehead atoms. The number of ether oxygens (including phenoxy) is 1. The number of carbonyl (C=O) groups is 1. The van der Waals surface area contributed by atoms with Crippen LogP contribution in [0.2, 0.25) is 0 Å². The zero-order valence-electron chi connectivity index (χ0n) is 16.9. The van der Waals surface area contributed by atoms with Crippen molar-refractivity contribution in [1.29, 1.82) is 0 Å². The number of carbonyl (C=O) groups excluding carboxylic acids is 1. The summed E-state index contributed by atoms with van der Waals surface area (Å²) >= 11 is 0. The van der Waals surface area contributed by atoms with Gasteiger partial charge >= 0.3 is 17.8 Å². The number of nitrogens with one attached hydrogen (secondary N) is 2. The minimum Gasteiger partial charge on any atom is -0.399 e. The fourth-order valence-corrected chi connectivity index (χ4v) is 3.39. The SMILES string of the molecule is C[C@@H]1CN(c2ccc(NC(=O)c3nnc(Nc4ccc(F)c(F)c4)o3)cc2)C[C@H](C)O1. The van der Waals surface area contributed by atoms with Crippen LogP contribution in [0.5, 0.6) is 0 Å². The van der Waals surface area contributed by atoms with Crippen molar-refractivity contribution >= 4 is 29.0 Å². The molecule has 0 radical (unpaired) electrons. The van der Waals surface area contributed by atoms with Gasteiger partial charge in [-0.25, -0.2) is 8.78 Å². The second-order valence-corrected chi connectivity index (χ2v) is 7.33. The lowest BCUT2D eigenvalue weighted by Gasteiger charge is -2.36. The van der Waals surface area contributed by atoms with E-state index in [1.807, 2.05) is 26.0 Å². The summed E-state index contributed by atoms with van der Waals surface area (Å²) in [7, 11) is 0. The summed E-state index contributed by atoms with van der Waals surface area (Å²) in [4.78, 5) is 14.6. The van der Waals surface area contributed by atoms with E-state index in [4.69, 9.17) is 9.15 Å². The highest BCUT2D eigenvalue weighted by Gasteiger charge is 2.22. The van der Waals surface area contributed by atoms with E-state index in [2.05, 4.69) is 25.7 Å². The molecule has 2 atom stereocenters. The van der Waals surface area contributed by atoms with Gasteiger partial charge < -0.3 is 24.7 Å². The number of rotatable bonds is 5. The number of benzene rings is 2. The first-order valence-corrected chi connectivity index (χ1v) is 9.75. The summed E-state index contributed by atoms with van der Waals surface area (Å²) in [5.41, 5.74) is 1.81. The third-order valence-electron chi connectivity index (χ3n) is 4.70. The number of morpholine rings is 1. The average molecular weight is 429 g/mol. The predicted molar refractivity (Wildman–Crippen MR) is 111 cm³/mol. The van der Waals surface area contributed by atoms with E-state index in [0.29, 0.717) is 5.69 Å². The molecule has 1 aliphatic rings. The Morgan fingerprint density at radius 3 is 2.35 bits per heavy atom.